The van der Waals surface area contributed by atoms with E-state index in [9.17, 15) is 4.79 Å². The molecule has 1 heterocycles. The standard InChI is InChI=1S/C15H22N2O2/c1-2-19-11-14-6-4-3-5-12(14)10-17-15(18)13-7-8-16-9-13/h3-6,13,16H,2,7-11H2,1H3,(H,17,18). The number of rotatable bonds is 6. The largest absolute Gasteiger partial charge is 0.377 e. The van der Waals surface area contributed by atoms with Crippen LogP contribution in [0.15, 0.2) is 24.3 Å². The van der Waals surface area contributed by atoms with E-state index in [1.807, 2.05) is 31.2 Å². The predicted octanol–water partition coefficient (Wildman–Crippen LogP) is 1.45. The van der Waals surface area contributed by atoms with Crippen molar-refractivity contribution < 1.29 is 9.53 Å². The second-order valence-corrected chi connectivity index (χ2v) is 4.81. The molecule has 19 heavy (non-hydrogen) atoms. The fourth-order valence-electron chi connectivity index (χ4n) is 2.29. The van der Waals surface area contributed by atoms with Gasteiger partial charge in [-0.3, -0.25) is 4.79 Å². The van der Waals surface area contributed by atoms with Crippen LogP contribution < -0.4 is 10.6 Å². The Morgan fingerprint density at radius 3 is 2.89 bits per heavy atom. The summed E-state index contributed by atoms with van der Waals surface area (Å²) >= 11 is 0. The lowest BCUT2D eigenvalue weighted by Gasteiger charge is -2.13. The maximum absolute atomic E-state index is 12.0. The lowest BCUT2D eigenvalue weighted by molar-refractivity contribution is -0.124. The molecule has 1 fully saturated rings. The first kappa shape index (κ1) is 14.0. The third-order valence-electron chi connectivity index (χ3n) is 3.46. The van der Waals surface area contributed by atoms with E-state index in [0.717, 1.165) is 30.6 Å². The summed E-state index contributed by atoms with van der Waals surface area (Å²) < 4.78 is 5.44. The topological polar surface area (TPSA) is 50.4 Å². The number of amides is 1. The second-order valence-electron chi connectivity index (χ2n) is 4.81. The molecule has 104 valence electrons. The number of ether oxygens (including phenoxy) is 1. The fourth-order valence-corrected chi connectivity index (χ4v) is 2.29. The third kappa shape index (κ3) is 4.04. The molecule has 1 aromatic carbocycles. The zero-order chi connectivity index (χ0) is 13.5. The van der Waals surface area contributed by atoms with E-state index in [2.05, 4.69) is 10.6 Å². The van der Waals surface area contributed by atoms with Gasteiger partial charge >= 0.3 is 0 Å². The van der Waals surface area contributed by atoms with Crippen LogP contribution in [-0.4, -0.2) is 25.6 Å². The summed E-state index contributed by atoms with van der Waals surface area (Å²) in [6.07, 6.45) is 0.937. The van der Waals surface area contributed by atoms with Gasteiger partial charge in [-0.05, 0) is 31.0 Å². The molecule has 2 N–H and O–H groups in total. The molecule has 0 spiro atoms. The van der Waals surface area contributed by atoms with Crippen molar-refractivity contribution in [2.75, 3.05) is 19.7 Å². The van der Waals surface area contributed by atoms with Crippen LogP contribution >= 0.6 is 0 Å². The minimum absolute atomic E-state index is 0.124. The molecule has 4 nitrogen and oxygen atoms in total. The Bertz CT molecular complexity index is 414. The quantitative estimate of drug-likeness (QED) is 0.816. The van der Waals surface area contributed by atoms with Gasteiger partial charge in [0.1, 0.15) is 0 Å². The van der Waals surface area contributed by atoms with Gasteiger partial charge in [0, 0.05) is 19.7 Å². The van der Waals surface area contributed by atoms with Crippen molar-refractivity contribution in [3.05, 3.63) is 35.4 Å². The summed E-state index contributed by atoms with van der Waals surface area (Å²) in [4.78, 5) is 12.0. The normalized spacial score (nSPS) is 18.5. The summed E-state index contributed by atoms with van der Waals surface area (Å²) in [5, 5.41) is 6.23. The van der Waals surface area contributed by atoms with E-state index in [1.165, 1.54) is 0 Å². The van der Waals surface area contributed by atoms with Crippen molar-refractivity contribution in [3.8, 4) is 0 Å². The van der Waals surface area contributed by atoms with Crippen LogP contribution in [0.3, 0.4) is 0 Å². The Kier molecular flexibility index (Phi) is 5.36. The van der Waals surface area contributed by atoms with Gasteiger partial charge in [0.05, 0.1) is 12.5 Å². The highest BCUT2D eigenvalue weighted by Crippen LogP contribution is 2.12. The first-order chi connectivity index (χ1) is 9.31. The van der Waals surface area contributed by atoms with Gasteiger partial charge in [-0.2, -0.15) is 0 Å². The molecule has 1 aliphatic heterocycles. The van der Waals surface area contributed by atoms with E-state index >= 15 is 0 Å². The molecule has 1 saturated heterocycles. The molecule has 1 amide bonds. The SMILES string of the molecule is CCOCc1ccccc1CNC(=O)C1CCNC1. The van der Waals surface area contributed by atoms with Gasteiger partial charge in [0.25, 0.3) is 0 Å². The Morgan fingerprint density at radius 1 is 1.42 bits per heavy atom. The molecule has 2 rings (SSSR count). The van der Waals surface area contributed by atoms with Crippen LogP contribution in [0.1, 0.15) is 24.5 Å². The molecular formula is C15H22N2O2. The molecule has 0 aromatic heterocycles. The van der Waals surface area contributed by atoms with Crippen LogP contribution in [0.2, 0.25) is 0 Å². The van der Waals surface area contributed by atoms with Crippen LogP contribution in [0.5, 0.6) is 0 Å². The molecule has 0 radical (unpaired) electrons. The number of carbonyl (C=O) groups is 1. The predicted molar refractivity (Wildman–Crippen MR) is 74.6 cm³/mol. The summed E-state index contributed by atoms with van der Waals surface area (Å²) in [5.74, 6) is 0.273. The highest BCUT2D eigenvalue weighted by Gasteiger charge is 2.21. The Morgan fingerprint density at radius 2 is 2.21 bits per heavy atom. The average molecular weight is 262 g/mol. The summed E-state index contributed by atoms with van der Waals surface area (Å²) in [6, 6.07) is 8.09. The number of nitrogens with one attached hydrogen (secondary N) is 2. The fraction of sp³-hybridized carbons (Fsp3) is 0.533. The molecule has 1 unspecified atom stereocenters. The van der Waals surface area contributed by atoms with Crippen molar-refractivity contribution in [2.45, 2.75) is 26.5 Å². The average Bonchev–Trinajstić information content (AvgIpc) is 2.97. The molecule has 1 atom stereocenters. The van der Waals surface area contributed by atoms with E-state index in [0.29, 0.717) is 19.8 Å². The van der Waals surface area contributed by atoms with Gasteiger partial charge in [0.2, 0.25) is 5.91 Å². The van der Waals surface area contributed by atoms with Crippen molar-refractivity contribution >= 4 is 5.91 Å². The number of carbonyl (C=O) groups excluding carboxylic acids is 1. The van der Waals surface area contributed by atoms with Gasteiger partial charge in [-0.15, -0.1) is 0 Å². The maximum Gasteiger partial charge on any atom is 0.224 e. The molecule has 0 saturated carbocycles. The highest BCUT2D eigenvalue weighted by atomic mass is 16.5. The monoisotopic (exact) mass is 262 g/mol. The molecule has 0 aliphatic carbocycles. The molecule has 0 bridgehead atoms. The summed E-state index contributed by atoms with van der Waals surface area (Å²) in [6.45, 7) is 5.61. The third-order valence-corrected chi connectivity index (χ3v) is 3.46. The van der Waals surface area contributed by atoms with E-state index < -0.39 is 0 Å². The molecular weight excluding hydrogens is 240 g/mol. The minimum Gasteiger partial charge on any atom is -0.377 e. The van der Waals surface area contributed by atoms with Crippen molar-refractivity contribution in [1.82, 2.24) is 10.6 Å². The lowest BCUT2D eigenvalue weighted by Crippen LogP contribution is -2.31. The molecule has 1 aromatic rings. The number of hydrogen-bond acceptors (Lipinski definition) is 3. The number of hydrogen-bond donors (Lipinski definition) is 2. The summed E-state index contributed by atoms with van der Waals surface area (Å²) in [7, 11) is 0. The smallest absolute Gasteiger partial charge is 0.224 e. The summed E-state index contributed by atoms with van der Waals surface area (Å²) in [5.41, 5.74) is 2.28. The Hall–Kier alpha value is -1.39. The van der Waals surface area contributed by atoms with Gasteiger partial charge in [0.15, 0.2) is 0 Å². The van der Waals surface area contributed by atoms with E-state index in [-0.39, 0.29) is 11.8 Å². The molecule has 4 heteroatoms. The first-order valence-corrected chi connectivity index (χ1v) is 6.94. The second kappa shape index (κ2) is 7.26. The molecule has 1 aliphatic rings. The minimum atomic E-state index is 0.124. The van der Waals surface area contributed by atoms with Crippen molar-refractivity contribution in [2.24, 2.45) is 5.92 Å². The van der Waals surface area contributed by atoms with Crippen molar-refractivity contribution in [3.63, 3.8) is 0 Å². The van der Waals surface area contributed by atoms with Gasteiger partial charge < -0.3 is 15.4 Å². The zero-order valence-electron chi connectivity index (χ0n) is 11.4. The number of benzene rings is 1. The van der Waals surface area contributed by atoms with Crippen LogP contribution in [-0.2, 0) is 22.7 Å². The highest BCUT2D eigenvalue weighted by molar-refractivity contribution is 5.79. The van der Waals surface area contributed by atoms with Gasteiger partial charge in [-0.1, -0.05) is 24.3 Å². The first-order valence-electron chi connectivity index (χ1n) is 6.94. The zero-order valence-corrected chi connectivity index (χ0v) is 11.4. The Balaban J connectivity index is 1.89. The van der Waals surface area contributed by atoms with Crippen LogP contribution in [0.25, 0.3) is 0 Å². The van der Waals surface area contributed by atoms with E-state index in [4.69, 9.17) is 4.74 Å². The maximum atomic E-state index is 12.0. The van der Waals surface area contributed by atoms with Gasteiger partial charge in [-0.25, -0.2) is 0 Å². The van der Waals surface area contributed by atoms with E-state index in [1.54, 1.807) is 0 Å². The lowest BCUT2D eigenvalue weighted by atomic mass is 10.1. The Labute approximate surface area is 114 Å². The van der Waals surface area contributed by atoms with Crippen molar-refractivity contribution in [1.29, 1.82) is 0 Å². The van der Waals surface area contributed by atoms with Crippen LogP contribution in [0, 0.1) is 5.92 Å². The van der Waals surface area contributed by atoms with Crippen LogP contribution in [0.4, 0.5) is 0 Å².